The third-order valence-corrected chi connectivity index (χ3v) is 3.10. The minimum atomic E-state index is 0.153. The molecule has 3 nitrogen and oxygen atoms in total. The third kappa shape index (κ3) is 1.95. The van der Waals surface area contributed by atoms with E-state index in [1.165, 1.54) is 11.3 Å². The highest BCUT2D eigenvalue weighted by Crippen LogP contribution is 2.17. The summed E-state index contributed by atoms with van der Waals surface area (Å²) >= 11 is 1.44. The summed E-state index contributed by atoms with van der Waals surface area (Å²) in [4.78, 5) is 15.8. The number of Topliss-reactive ketones (excluding diaryl/α,β-unsaturated/α-hetero) is 1. The van der Waals surface area contributed by atoms with Gasteiger partial charge in [0.2, 0.25) is 0 Å². The van der Waals surface area contributed by atoms with Crippen LogP contribution in [0, 0.1) is 5.92 Å². The van der Waals surface area contributed by atoms with Gasteiger partial charge in [-0.15, -0.1) is 11.3 Å². The van der Waals surface area contributed by atoms with E-state index in [0.717, 1.165) is 25.9 Å². The van der Waals surface area contributed by atoms with Gasteiger partial charge in [-0.05, 0) is 19.4 Å². The fraction of sp³-hybridized carbons (Fsp3) is 0.556. The van der Waals surface area contributed by atoms with Crippen molar-refractivity contribution >= 4 is 17.1 Å². The van der Waals surface area contributed by atoms with Crippen LogP contribution in [0.1, 0.15) is 22.6 Å². The van der Waals surface area contributed by atoms with E-state index >= 15 is 0 Å². The molecule has 0 aliphatic carbocycles. The van der Waals surface area contributed by atoms with Crippen LogP contribution in [0.5, 0.6) is 0 Å². The van der Waals surface area contributed by atoms with Crippen LogP contribution < -0.4 is 5.32 Å². The van der Waals surface area contributed by atoms with Crippen molar-refractivity contribution in [3.05, 3.63) is 16.6 Å². The zero-order valence-corrected chi connectivity index (χ0v) is 8.14. The van der Waals surface area contributed by atoms with Gasteiger partial charge >= 0.3 is 0 Å². The molecule has 1 aromatic heterocycles. The highest BCUT2D eigenvalue weighted by molar-refractivity contribution is 7.11. The Balaban J connectivity index is 2.04. The van der Waals surface area contributed by atoms with E-state index in [2.05, 4.69) is 10.3 Å². The second kappa shape index (κ2) is 3.98. The van der Waals surface area contributed by atoms with Crippen molar-refractivity contribution in [3.8, 4) is 0 Å². The van der Waals surface area contributed by atoms with Crippen LogP contribution in [0.15, 0.2) is 11.6 Å². The van der Waals surface area contributed by atoms with Crippen LogP contribution in [0.4, 0.5) is 0 Å². The van der Waals surface area contributed by atoms with Gasteiger partial charge in [-0.1, -0.05) is 0 Å². The van der Waals surface area contributed by atoms with Gasteiger partial charge in [-0.2, -0.15) is 0 Å². The van der Waals surface area contributed by atoms with E-state index in [1.807, 2.05) is 5.38 Å². The summed E-state index contributed by atoms with van der Waals surface area (Å²) in [6, 6.07) is 0. The average Bonchev–Trinajstić information content (AvgIpc) is 2.71. The fourth-order valence-electron chi connectivity index (χ4n) is 1.60. The first-order chi connectivity index (χ1) is 6.38. The second-order valence-corrected chi connectivity index (χ2v) is 4.14. The van der Waals surface area contributed by atoms with E-state index in [9.17, 15) is 4.79 Å². The topological polar surface area (TPSA) is 42.0 Å². The first-order valence-corrected chi connectivity index (χ1v) is 5.40. The molecular weight excluding hydrogens is 184 g/mol. The lowest BCUT2D eigenvalue weighted by Gasteiger charge is -2.20. The Morgan fingerprint density at radius 2 is 2.62 bits per heavy atom. The molecule has 0 spiro atoms. The van der Waals surface area contributed by atoms with Crippen LogP contribution >= 0.6 is 11.3 Å². The van der Waals surface area contributed by atoms with Crippen molar-refractivity contribution in [1.82, 2.24) is 10.3 Å². The predicted molar refractivity (Wildman–Crippen MR) is 52.0 cm³/mol. The van der Waals surface area contributed by atoms with E-state index in [-0.39, 0.29) is 11.7 Å². The highest BCUT2D eigenvalue weighted by Gasteiger charge is 2.23. The highest BCUT2D eigenvalue weighted by atomic mass is 32.1. The zero-order chi connectivity index (χ0) is 9.10. The van der Waals surface area contributed by atoms with Gasteiger partial charge in [0, 0.05) is 24.0 Å². The summed E-state index contributed by atoms with van der Waals surface area (Å²) in [6.07, 6.45) is 3.79. The van der Waals surface area contributed by atoms with Gasteiger partial charge in [0.25, 0.3) is 0 Å². The number of ketones is 1. The van der Waals surface area contributed by atoms with Crippen LogP contribution in [0.2, 0.25) is 0 Å². The van der Waals surface area contributed by atoms with Crippen LogP contribution in [0.25, 0.3) is 0 Å². The van der Waals surface area contributed by atoms with E-state index in [1.54, 1.807) is 6.20 Å². The smallest absolute Gasteiger partial charge is 0.195 e. The first-order valence-electron chi connectivity index (χ1n) is 4.52. The maximum absolute atomic E-state index is 11.8. The number of piperidine rings is 1. The standard InChI is InChI=1S/C9H12N2OS/c12-8(9-11-4-5-13-9)7-2-1-3-10-6-7/h4-5,7,10H,1-3,6H2/t7-/m0/s1. The summed E-state index contributed by atoms with van der Waals surface area (Å²) in [7, 11) is 0. The van der Waals surface area contributed by atoms with E-state index in [0.29, 0.717) is 5.01 Å². The monoisotopic (exact) mass is 196 g/mol. The van der Waals surface area contributed by atoms with Gasteiger partial charge in [0.05, 0.1) is 0 Å². The molecule has 1 atom stereocenters. The second-order valence-electron chi connectivity index (χ2n) is 3.24. The van der Waals surface area contributed by atoms with Gasteiger partial charge in [0.1, 0.15) is 0 Å². The SMILES string of the molecule is O=C(c1nccs1)[C@H]1CCCNC1. The molecule has 2 rings (SSSR count). The Bertz CT molecular complexity index is 278. The van der Waals surface area contributed by atoms with Crippen LogP contribution in [-0.2, 0) is 0 Å². The number of hydrogen-bond donors (Lipinski definition) is 1. The summed E-state index contributed by atoms with van der Waals surface area (Å²) in [5.74, 6) is 0.363. The molecule has 1 aliphatic heterocycles. The molecule has 1 fully saturated rings. The molecule has 0 unspecified atom stereocenters. The predicted octanol–water partition coefficient (Wildman–Crippen LogP) is 1.33. The van der Waals surface area contributed by atoms with Gasteiger partial charge in [-0.3, -0.25) is 4.79 Å². The number of nitrogens with zero attached hydrogens (tertiary/aromatic N) is 1. The number of carbonyl (C=O) groups is 1. The number of hydrogen-bond acceptors (Lipinski definition) is 4. The summed E-state index contributed by atoms with van der Waals surface area (Å²) < 4.78 is 0. The molecule has 1 saturated heterocycles. The Morgan fingerprint density at radius 1 is 1.69 bits per heavy atom. The molecule has 0 bridgehead atoms. The van der Waals surface area contributed by atoms with Crippen molar-refractivity contribution in [2.45, 2.75) is 12.8 Å². The molecule has 0 radical (unpaired) electrons. The summed E-state index contributed by atoms with van der Waals surface area (Å²) in [5, 5.41) is 5.75. The Kier molecular flexibility index (Phi) is 2.71. The molecule has 1 N–H and O–H groups in total. The van der Waals surface area contributed by atoms with Crippen molar-refractivity contribution < 1.29 is 4.79 Å². The molecule has 0 amide bonds. The number of rotatable bonds is 2. The normalized spacial score (nSPS) is 22.9. The Hall–Kier alpha value is -0.740. The van der Waals surface area contributed by atoms with Crippen molar-refractivity contribution in [2.75, 3.05) is 13.1 Å². The molecule has 0 aromatic carbocycles. The fourth-order valence-corrected chi connectivity index (χ4v) is 2.25. The molecule has 4 heteroatoms. The largest absolute Gasteiger partial charge is 0.316 e. The van der Waals surface area contributed by atoms with Gasteiger partial charge in [-0.25, -0.2) is 4.98 Å². The van der Waals surface area contributed by atoms with E-state index < -0.39 is 0 Å². The molecular formula is C9H12N2OS. The quantitative estimate of drug-likeness (QED) is 0.725. The number of aromatic nitrogens is 1. The molecule has 13 heavy (non-hydrogen) atoms. The van der Waals surface area contributed by atoms with Gasteiger partial charge < -0.3 is 5.32 Å². The number of nitrogens with one attached hydrogen (secondary N) is 1. The maximum Gasteiger partial charge on any atom is 0.195 e. The minimum absolute atomic E-state index is 0.153. The van der Waals surface area contributed by atoms with E-state index in [4.69, 9.17) is 0 Å². The summed E-state index contributed by atoms with van der Waals surface area (Å²) in [6.45, 7) is 1.86. The van der Waals surface area contributed by atoms with Crippen LogP contribution in [0.3, 0.4) is 0 Å². The zero-order valence-electron chi connectivity index (χ0n) is 7.32. The molecule has 1 aromatic rings. The minimum Gasteiger partial charge on any atom is -0.316 e. The molecule has 70 valence electrons. The van der Waals surface area contributed by atoms with Crippen molar-refractivity contribution in [3.63, 3.8) is 0 Å². The number of carbonyl (C=O) groups excluding carboxylic acids is 1. The lowest BCUT2D eigenvalue weighted by molar-refractivity contribution is 0.0899. The lowest BCUT2D eigenvalue weighted by Crippen LogP contribution is -2.34. The van der Waals surface area contributed by atoms with Crippen molar-refractivity contribution in [2.24, 2.45) is 5.92 Å². The molecule has 1 aliphatic rings. The Morgan fingerprint density at radius 3 is 3.23 bits per heavy atom. The van der Waals surface area contributed by atoms with Crippen LogP contribution in [-0.4, -0.2) is 23.9 Å². The first kappa shape index (κ1) is 8.84. The van der Waals surface area contributed by atoms with Crippen molar-refractivity contribution in [1.29, 1.82) is 0 Å². The third-order valence-electron chi connectivity index (χ3n) is 2.31. The molecule has 0 saturated carbocycles. The average molecular weight is 196 g/mol. The lowest BCUT2D eigenvalue weighted by atomic mass is 9.95. The Labute approximate surface area is 81.2 Å². The maximum atomic E-state index is 11.8. The summed E-state index contributed by atoms with van der Waals surface area (Å²) in [5.41, 5.74) is 0. The van der Waals surface area contributed by atoms with Gasteiger partial charge in [0.15, 0.2) is 10.8 Å². The molecule has 2 heterocycles. The number of thiazole rings is 1.